The predicted molar refractivity (Wildman–Crippen MR) is 84.7 cm³/mol. The van der Waals surface area contributed by atoms with Crippen molar-refractivity contribution < 1.29 is 4.79 Å². The second-order valence-corrected chi connectivity index (χ2v) is 5.26. The number of ketones is 1. The monoisotopic (exact) mass is 305 g/mol. The maximum absolute atomic E-state index is 12.4. The van der Waals surface area contributed by atoms with E-state index in [0.717, 1.165) is 23.4 Å². The van der Waals surface area contributed by atoms with Gasteiger partial charge < -0.3 is 5.73 Å². The normalized spacial score (nSPS) is 10.9. The van der Waals surface area contributed by atoms with Crippen molar-refractivity contribution >= 4 is 17.4 Å². The van der Waals surface area contributed by atoms with E-state index in [4.69, 9.17) is 17.3 Å². The van der Waals surface area contributed by atoms with Crippen LogP contribution in [0.3, 0.4) is 0 Å². The smallest absolute Gasteiger partial charge is 0.168 e. The highest BCUT2D eigenvalue weighted by atomic mass is 35.5. The molecule has 0 atom stereocenters. The largest absolute Gasteiger partial charge is 0.326 e. The third-order valence-corrected chi connectivity index (χ3v) is 3.97. The molecule has 0 aliphatic carbocycles. The van der Waals surface area contributed by atoms with Gasteiger partial charge in [-0.25, -0.2) is 0 Å². The van der Waals surface area contributed by atoms with Gasteiger partial charge in [0.05, 0.1) is 22.8 Å². The molecule has 4 nitrogen and oxygen atoms in total. The Labute approximate surface area is 129 Å². The molecule has 1 aromatic heterocycles. The lowest BCUT2D eigenvalue weighted by molar-refractivity contribution is 0.0990. The molecule has 112 valence electrons. The van der Waals surface area contributed by atoms with Crippen LogP contribution in [-0.2, 0) is 25.9 Å². The minimum atomic E-state index is 0.0396. The summed E-state index contributed by atoms with van der Waals surface area (Å²) in [5.74, 6) is 0.0396. The Morgan fingerprint density at radius 2 is 1.95 bits per heavy atom. The molecule has 2 rings (SSSR count). The summed E-state index contributed by atoms with van der Waals surface area (Å²) in [5.41, 5.74) is 8.89. The molecule has 0 aliphatic heterocycles. The number of hydrogen-bond acceptors (Lipinski definition) is 3. The quantitative estimate of drug-likeness (QED) is 0.835. The Morgan fingerprint density at radius 3 is 2.48 bits per heavy atom. The van der Waals surface area contributed by atoms with Gasteiger partial charge in [0.2, 0.25) is 0 Å². The first kappa shape index (κ1) is 15.7. The standard InChI is InChI=1S/C16H20ClN3O/c1-3-13-16(17)14(20(4-2)19-13)9-15(21)12-7-5-11(10-18)6-8-12/h5-8H,3-4,9-10,18H2,1-2H3. The lowest BCUT2D eigenvalue weighted by Crippen LogP contribution is -2.10. The van der Waals surface area contributed by atoms with E-state index in [1.54, 1.807) is 0 Å². The fourth-order valence-corrected chi connectivity index (χ4v) is 2.60. The highest BCUT2D eigenvalue weighted by molar-refractivity contribution is 6.32. The van der Waals surface area contributed by atoms with Gasteiger partial charge in [-0.2, -0.15) is 5.10 Å². The molecule has 0 amide bonds. The zero-order valence-electron chi connectivity index (χ0n) is 12.4. The summed E-state index contributed by atoms with van der Waals surface area (Å²) >= 11 is 6.34. The van der Waals surface area contributed by atoms with E-state index in [2.05, 4.69) is 5.10 Å². The number of halogens is 1. The van der Waals surface area contributed by atoms with Gasteiger partial charge in [-0.15, -0.1) is 0 Å². The summed E-state index contributed by atoms with van der Waals surface area (Å²) in [7, 11) is 0. The van der Waals surface area contributed by atoms with E-state index in [-0.39, 0.29) is 12.2 Å². The average molecular weight is 306 g/mol. The van der Waals surface area contributed by atoms with Crippen molar-refractivity contribution in [3.8, 4) is 0 Å². The molecule has 0 fully saturated rings. The maximum atomic E-state index is 12.4. The lowest BCUT2D eigenvalue weighted by atomic mass is 10.0. The van der Waals surface area contributed by atoms with Crippen LogP contribution in [0.4, 0.5) is 0 Å². The number of nitrogens with two attached hydrogens (primary N) is 1. The molecule has 5 heteroatoms. The number of Topliss-reactive ketones (excluding diaryl/α,β-unsaturated/α-hetero) is 1. The second-order valence-electron chi connectivity index (χ2n) is 4.88. The van der Waals surface area contributed by atoms with Crippen LogP contribution < -0.4 is 5.73 Å². The van der Waals surface area contributed by atoms with Gasteiger partial charge in [0.15, 0.2) is 5.78 Å². The van der Waals surface area contributed by atoms with Crippen LogP contribution in [-0.4, -0.2) is 15.6 Å². The van der Waals surface area contributed by atoms with Crippen molar-refractivity contribution in [2.24, 2.45) is 5.73 Å². The Kier molecular flexibility index (Phi) is 5.15. The van der Waals surface area contributed by atoms with Gasteiger partial charge in [0, 0.05) is 18.7 Å². The number of aryl methyl sites for hydroxylation is 2. The van der Waals surface area contributed by atoms with Crippen molar-refractivity contribution in [1.29, 1.82) is 0 Å². The second kappa shape index (κ2) is 6.87. The Balaban J connectivity index is 2.24. The molecule has 0 radical (unpaired) electrons. The zero-order valence-corrected chi connectivity index (χ0v) is 13.2. The zero-order chi connectivity index (χ0) is 15.4. The summed E-state index contributed by atoms with van der Waals surface area (Å²) in [5, 5.41) is 5.05. The molecule has 2 N–H and O–H groups in total. The number of carbonyl (C=O) groups is 1. The summed E-state index contributed by atoms with van der Waals surface area (Å²) in [6.07, 6.45) is 1.03. The minimum Gasteiger partial charge on any atom is -0.326 e. The van der Waals surface area contributed by atoms with Crippen molar-refractivity contribution in [1.82, 2.24) is 9.78 Å². The molecule has 0 spiro atoms. The number of aromatic nitrogens is 2. The highest BCUT2D eigenvalue weighted by Gasteiger charge is 2.18. The molecule has 0 saturated heterocycles. The van der Waals surface area contributed by atoms with Gasteiger partial charge >= 0.3 is 0 Å². The number of benzene rings is 1. The number of carbonyl (C=O) groups excluding carboxylic acids is 1. The van der Waals surface area contributed by atoms with Gasteiger partial charge in [-0.3, -0.25) is 9.48 Å². The number of hydrogen-bond donors (Lipinski definition) is 1. The first-order valence-corrected chi connectivity index (χ1v) is 7.54. The third kappa shape index (κ3) is 3.34. The maximum Gasteiger partial charge on any atom is 0.168 e. The average Bonchev–Trinajstić information content (AvgIpc) is 2.83. The van der Waals surface area contributed by atoms with Crippen molar-refractivity contribution in [3.63, 3.8) is 0 Å². The summed E-state index contributed by atoms with van der Waals surface area (Å²) in [6.45, 7) is 5.18. The fraction of sp³-hybridized carbons (Fsp3) is 0.375. The van der Waals surface area contributed by atoms with Crippen molar-refractivity contribution in [2.75, 3.05) is 0 Å². The van der Waals surface area contributed by atoms with Crippen molar-refractivity contribution in [3.05, 3.63) is 51.8 Å². The topological polar surface area (TPSA) is 60.9 Å². The van der Waals surface area contributed by atoms with E-state index in [1.807, 2.05) is 42.8 Å². The van der Waals surface area contributed by atoms with E-state index in [0.29, 0.717) is 23.7 Å². The third-order valence-electron chi connectivity index (χ3n) is 3.53. The molecule has 21 heavy (non-hydrogen) atoms. The summed E-state index contributed by atoms with van der Waals surface area (Å²) < 4.78 is 1.81. The lowest BCUT2D eigenvalue weighted by Gasteiger charge is -2.06. The molecule has 0 bridgehead atoms. The highest BCUT2D eigenvalue weighted by Crippen LogP contribution is 2.23. The Morgan fingerprint density at radius 1 is 1.29 bits per heavy atom. The number of rotatable bonds is 6. The SMILES string of the molecule is CCc1nn(CC)c(CC(=O)c2ccc(CN)cc2)c1Cl. The molecule has 0 saturated carbocycles. The van der Waals surface area contributed by atoms with Gasteiger partial charge in [-0.1, -0.05) is 42.8 Å². The Hall–Kier alpha value is -1.65. The Bertz CT molecular complexity index is 632. The van der Waals surface area contributed by atoms with Crippen LogP contribution in [0, 0.1) is 0 Å². The first-order valence-electron chi connectivity index (χ1n) is 7.16. The fourth-order valence-electron chi connectivity index (χ4n) is 2.27. The van der Waals surface area contributed by atoms with Crippen LogP contribution in [0.15, 0.2) is 24.3 Å². The molecule has 0 unspecified atom stereocenters. The van der Waals surface area contributed by atoms with Gasteiger partial charge in [0.25, 0.3) is 0 Å². The van der Waals surface area contributed by atoms with E-state index in [9.17, 15) is 4.79 Å². The van der Waals surface area contributed by atoms with Crippen LogP contribution in [0.25, 0.3) is 0 Å². The van der Waals surface area contributed by atoms with E-state index in [1.165, 1.54) is 0 Å². The molecular weight excluding hydrogens is 286 g/mol. The summed E-state index contributed by atoms with van der Waals surface area (Å²) in [4.78, 5) is 12.4. The van der Waals surface area contributed by atoms with Gasteiger partial charge in [0.1, 0.15) is 0 Å². The van der Waals surface area contributed by atoms with Crippen LogP contribution >= 0.6 is 11.6 Å². The van der Waals surface area contributed by atoms with Crippen LogP contribution in [0.1, 0.15) is 41.2 Å². The van der Waals surface area contributed by atoms with Crippen LogP contribution in [0.5, 0.6) is 0 Å². The summed E-state index contributed by atoms with van der Waals surface area (Å²) in [6, 6.07) is 7.38. The molecular formula is C16H20ClN3O. The van der Waals surface area contributed by atoms with Crippen LogP contribution in [0.2, 0.25) is 5.02 Å². The molecule has 1 aromatic carbocycles. The first-order chi connectivity index (χ1) is 10.1. The van der Waals surface area contributed by atoms with E-state index < -0.39 is 0 Å². The predicted octanol–water partition coefficient (Wildman–Crippen LogP) is 3.00. The molecule has 2 aromatic rings. The number of nitrogens with zero attached hydrogens (tertiary/aromatic N) is 2. The van der Waals surface area contributed by atoms with Crippen molar-refractivity contribution in [2.45, 2.75) is 39.8 Å². The molecule has 0 aliphatic rings. The minimum absolute atomic E-state index is 0.0396. The molecule has 1 heterocycles. The van der Waals surface area contributed by atoms with E-state index >= 15 is 0 Å². The van der Waals surface area contributed by atoms with Gasteiger partial charge in [-0.05, 0) is 18.9 Å².